The van der Waals surface area contributed by atoms with Crippen LogP contribution in [-0.2, 0) is 16.9 Å². The standard InChI is InChI=1S/C31H41FN4O2S/c1-20(2)19-36-23-7-8-24(36)16-25(15-23)35-13-11-21(12-14-35)27-17-29-30(18-28(27)32)34(3)31(33-29)22-5-9-26(10-6-22)39(4,37)38/h5-6,9-10,17-18,20-21,23-25H,7-8,11-16,19H2,1-4H3. The number of sulfone groups is 1. The van der Waals surface area contributed by atoms with E-state index in [1.165, 1.54) is 38.5 Å². The first-order chi connectivity index (χ1) is 18.6. The molecule has 3 aromatic rings. The van der Waals surface area contributed by atoms with Gasteiger partial charge in [-0.3, -0.25) is 4.90 Å². The second kappa shape index (κ2) is 10.3. The Morgan fingerprint density at radius 3 is 2.21 bits per heavy atom. The highest BCUT2D eigenvalue weighted by molar-refractivity contribution is 7.90. The van der Waals surface area contributed by atoms with E-state index in [2.05, 4.69) is 23.6 Å². The van der Waals surface area contributed by atoms with Crippen LogP contribution in [0.2, 0.25) is 0 Å². The van der Waals surface area contributed by atoms with E-state index in [0.717, 1.165) is 66.1 Å². The fourth-order valence-electron chi connectivity index (χ4n) is 7.49. The van der Waals surface area contributed by atoms with Crippen molar-refractivity contribution in [2.75, 3.05) is 25.9 Å². The van der Waals surface area contributed by atoms with Gasteiger partial charge in [-0.15, -0.1) is 0 Å². The van der Waals surface area contributed by atoms with Crippen molar-refractivity contribution < 1.29 is 12.8 Å². The van der Waals surface area contributed by atoms with Crippen LogP contribution in [0, 0.1) is 11.7 Å². The molecular weight excluding hydrogens is 511 g/mol. The lowest BCUT2D eigenvalue weighted by molar-refractivity contribution is 0.0402. The molecule has 6 rings (SSSR count). The summed E-state index contributed by atoms with van der Waals surface area (Å²) in [5, 5.41) is 0. The summed E-state index contributed by atoms with van der Waals surface area (Å²) in [5.41, 5.74) is 3.13. The second-order valence-corrected chi connectivity index (χ2v) is 14.6. The van der Waals surface area contributed by atoms with Crippen molar-refractivity contribution in [3.63, 3.8) is 0 Å². The topological polar surface area (TPSA) is 58.4 Å². The van der Waals surface area contributed by atoms with Crippen LogP contribution in [0.25, 0.3) is 22.4 Å². The maximum absolute atomic E-state index is 15.5. The molecule has 210 valence electrons. The van der Waals surface area contributed by atoms with E-state index in [1.807, 2.05) is 17.7 Å². The Bertz CT molecular complexity index is 1440. The van der Waals surface area contributed by atoms with Gasteiger partial charge in [-0.1, -0.05) is 13.8 Å². The normalized spacial score (nSPS) is 25.2. The maximum atomic E-state index is 15.5. The molecule has 6 nitrogen and oxygen atoms in total. The first kappa shape index (κ1) is 26.9. The van der Waals surface area contributed by atoms with Gasteiger partial charge < -0.3 is 9.47 Å². The smallest absolute Gasteiger partial charge is 0.175 e. The van der Waals surface area contributed by atoms with E-state index in [4.69, 9.17) is 4.98 Å². The number of nitrogens with zero attached hydrogens (tertiary/aromatic N) is 4. The Labute approximate surface area is 232 Å². The maximum Gasteiger partial charge on any atom is 0.175 e. The number of aryl methyl sites for hydroxylation is 1. The molecule has 2 bridgehead atoms. The first-order valence-electron chi connectivity index (χ1n) is 14.5. The van der Waals surface area contributed by atoms with E-state index in [1.54, 1.807) is 30.3 Å². The van der Waals surface area contributed by atoms with Crippen LogP contribution in [0.15, 0.2) is 41.3 Å². The van der Waals surface area contributed by atoms with Gasteiger partial charge in [0.1, 0.15) is 11.6 Å². The molecule has 0 saturated carbocycles. The number of hydrogen-bond donors (Lipinski definition) is 0. The largest absolute Gasteiger partial charge is 0.327 e. The Morgan fingerprint density at radius 1 is 0.974 bits per heavy atom. The SMILES string of the molecule is CC(C)CN1C2CCC1CC(N1CCC(c3cc4nc(-c5ccc(S(C)(=O)=O)cc5)n(C)c4cc3F)CC1)C2. The molecule has 2 unspecified atom stereocenters. The van der Waals surface area contributed by atoms with Gasteiger partial charge in [-0.05, 0) is 99.3 Å². The quantitative estimate of drug-likeness (QED) is 0.398. The summed E-state index contributed by atoms with van der Waals surface area (Å²) < 4.78 is 41.0. The molecule has 0 radical (unpaired) electrons. The molecule has 8 heteroatoms. The van der Waals surface area contributed by atoms with Gasteiger partial charge in [0.05, 0.1) is 15.9 Å². The summed E-state index contributed by atoms with van der Waals surface area (Å²) in [6, 6.07) is 12.5. The minimum Gasteiger partial charge on any atom is -0.327 e. The molecule has 0 spiro atoms. The van der Waals surface area contributed by atoms with Crippen LogP contribution in [0.5, 0.6) is 0 Å². The summed E-state index contributed by atoms with van der Waals surface area (Å²) >= 11 is 0. The van der Waals surface area contributed by atoms with E-state index in [9.17, 15) is 8.42 Å². The lowest BCUT2D eigenvalue weighted by Crippen LogP contribution is -2.52. The molecule has 3 aliphatic rings. The lowest BCUT2D eigenvalue weighted by Gasteiger charge is -2.46. The number of imidazole rings is 1. The number of benzene rings is 2. The van der Waals surface area contributed by atoms with Gasteiger partial charge in [-0.25, -0.2) is 17.8 Å². The molecule has 3 fully saturated rings. The first-order valence-corrected chi connectivity index (χ1v) is 16.4. The predicted octanol–water partition coefficient (Wildman–Crippen LogP) is 5.61. The molecular formula is C31H41FN4O2S. The Kier molecular flexibility index (Phi) is 7.09. The van der Waals surface area contributed by atoms with Gasteiger partial charge >= 0.3 is 0 Å². The Hall–Kier alpha value is -2.29. The van der Waals surface area contributed by atoms with Gasteiger partial charge in [0.2, 0.25) is 0 Å². The highest BCUT2D eigenvalue weighted by atomic mass is 32.2. The third-order valence-electron chi connectivity index (χ3n) is 9.46. The minimum absolute atomic E-state index is 0.150. The average Bonchev–Trinajstić information content (AvgIpc) is 3.32. The van der Waals surface area contributed by atoms with Gasteiger partial charge in [0.25, 0.3) is 0 Å². The molecule has 0 amide bonds. The molecule has 0 aliphatic carbocycles. The molecule has 2 atom stereocenters. The number of halogens is 1. The summed E-state index contributed by atoms with van der Waals surface area (Å²) in [5.74, 6) is 1.49. The number of aromatic nitrogens is 2. The van der Waals surface area contributed by atoms with Crippen LogP contribution in [-0.4, -0.2) is 71.8 Å². The van der Waals surface area contributed by atoms with Crippen molar-refractivity contribution in [1.82, 2.24) is 19.4 Å². The van der Waals surface area contributed by atoms with Crippen LogP contribution >= 0.6 is 0 Å². The summed E-state index contributed by atoms with van der Waals surface area (Å²) in [4.78, 5) is 10.6. The zero-order valence-corrected chi connectivity index (χ0v) is 24.4. The second-order valence-electron chi connectivity index (χ2n) is 12.6. The van der Waals surface area contributed by atoms with Crippen molar-refractivity contribution in [2.24, 2.45) is 13.0 Å². The van der Waals surface area contributed by atoms with Crippen molar-refractivity contribution >= 4 is 20.9 Å². The van der Waals surface area contributed by atoms with E-state index < -0.39 is 9.84 Å². The van der Waals surface area contributed by atoms with Crippen LogP contribution < -0.4 is 0 Å². The Morgan fingerprint density at radius 2 is 1.62 bits per heavy atom. The number of piperidine rings is 2. The minimum atomic E-state index is -3.26. The number of rotatable bonds is 6. The molecule has 39 heavy (non-hydrogen) atoms. The molecule has 1 aromatic heterocycles. The third kappa shape index (κ3) is 5.16. The van der Waals surface area contributed by atoms with Crippen LogP contribution in [0.1, 0.15) is 63.9 Å². The van der Waals surface area contributed by atoms with E-state index in [0.29, 0.717) is 11.9 Å². The fraction of sp³-hybridized carbons (Fsp3) is 0.581. The summed E-state index contributed by atoms with van der Waals surface area (Å²) in [7, 11) is -1.38. The molecule has 4 heterocycles. The third-order valence-corrected chi connectivity index (χ3v) is 10.6. The predicted molar refractivity (Wildman–Crippen MR) is 154 cm³/mol. The molecule has 3 saturated heterocycles. The van der Waals surface area contributed by atoms with Crippen molar-refractivity contribution in [3.05, 3.63) is 47.8 Å². The number of hydrogen-bond acceptors (Lipinski definition) is 5. The summed E-state index contributed by atoms with van der Waals surface area (Å²) in [6.45, 7) is 7.97. The van der Waals surface area contributed by atoms with Crippen molar-refractivity contribution in [3.8, 4) is 11.4 Å². The van der Waals surface area contributed by atoms with Crippen molar-refractivity contribution in [2.45, 2.75) is 81.3 Å². The lowest BCUT2D eigenvalue weighted by atomic mass is 9.86. The highest BCUT2D eigenvalue weighted by Crippen LogP contribution is 2.40. The zero-order valence-electron chi connectivity index (χ0n) is 23.6. The van der Waals surface area contributed by atoms with E-state index in [-0.39, 0.29) is 16.6 Å². The van der Waals surface area contributed by atoms with Crippen molar-refractivity contribution in [1.29, 1.82) is 0 Å². The molecule has 3 aliphatic heterocycles. The van der Waals surface area contributed by atoms with Gasteiger partial charge in [-0.2, -0.15) is 0 Å². The zero-order chi connectivity index (χ0) is 27.5. The van der Waals surface area contributed by atoms with Crippen LogP contribution in [0.4, 0.5) is 4.39 Å². The van der Waals surface area contributed by atoms with Crippen LogP contribution in [0.3, 0.4) is 0 Å². The fourth-order valence-corrected chi connectivity index (χ4v) is 8.12. The Balaban J connectivity index is 1.16. The highest BCUT2D eigenvalue weighted by Gasteiger charge is 2.43. The number of fused-ring (bicyclic) bond motifs is 3. The average molecular weight is 553 g/mol. The summed E-state index contributed by atoms with van der Waals surface area (Å²) in [6.07, 6.45) is 8.44. The molecule has 0 N–H and O–H groups in total. The molecule has 2 aromatic carbocycles. The monoisotopic (exact) mass is 552 g/mol. The number of likely N-dealkylation sites (tertiary alicyclic amines) is 1. The van der Waals surface area contributed by atoms with E-state index >= 15 is 4.39 Å². The van der Waals surface area contributed by atoms with Gasteiger partial charge in [0.15, 0.2) is 9.84 Å². The van der Waals surface area contributed by atoms with Gasteiger partial charge in [0, 0.05) is 49.6 Å².